The lowest BCUT2D eigenvalue weighted by atomic mass is 10.2. The Morgan fingerprint density at radius 1 is 1.15 bits per heavy atom. The first-order valence-corrected chi connectivity index (χ1v) is 8.54. The molecule has 0 aliphatic rings. The molecule has 0 saturated carbocycles. The highest BCUT2D eigenvalue weighted by molar-refractivity contribution is 6.29. The average molecular weight is 367 g/mol. The van der Waals surface area contributed by atoms with E-state index < -0.39 is 0 Å². The second kappa shape index (κ2) is 6.80. The van der Waals surface area contributed by atoms with Gasteiger partial charge in [-0.3, -0.25) is 0 Å². The highest BCUT2D eigenvalue weighted by Gasteiger charge is 2.17. The summed E-state index contributed by atoms with van der Waals surface area (Å²) in [6, 6.07) is 13.2. The van der Waals surface area contributed by atoms with E-state index in [1.165, 1.54) is 6.07 Å². The highest BCUT2D eigenvalue weighted by Crippen LogP contribution is 2.26. The quantitative estimate of drug-likeness (QED) is 0.510. The van der Waals surface area contributed by atoms with Crippen molar-refractivity contribution in [3.63, 3.8) is 0 Å². The van der Waals surface area contributed by atoms with Crippen LogP contribution in [0.25, 0.3) is 22.6 Å². The number of fused-ring (bicyclic) bond motifs is 1. The molecule has 4 rings (SSSR count). The smallest absolute Gasteiger partial charge is 0.182 e. The van der Waals surface area contributed by atoms with Gasteiger partial charge in [0.2, 0.25) is 0 Å². The van der Waals surface area contributed by atoms with Gasteiger partial charge in [-0.1, -0.05) is 36.7 Å². The van der Waals surface area contributed by atoms with Crippen LogP contribution in [0.3, 0.4) is 0 Å². The maximum Gasteiger partial charge on any atom is 0.182 e. The third-order valence-corrected chi connectivity index (χ3v) is 4.20. The van der Waals surface area contributed by atoms with Crippen molar-refractivity contribution < 1.29 is 4.39 Å². The first kappa shape index (κ1) is 16.6. The number of hydrogen-bond donors (Lipinski definition) is 0. The van der Waals surface area contributed by atoms with Gasteiger partial charge in [0.25, 0.3) is 0 Å². The summed E-state index contributed by atoms with van der Waals surface area (Å²) in [5, 5.41) is 5.63. The lowest BCUT2D eigenvalue weighted by Gasteiger charge is -2.04. The summed E-state index contributed by atoms with van der Waals surface area (Å²) < 4.78 is 15.7. The fourth-order valence-corrected chi connectivity index (χ4v) is 2.96. The van der Waals surface area contributed by atoms with E-state index in [1.54, 1.807) is 29.1 Å². The highest BCUT2D eigenvalue weighted by atomic mass is 35.5. The van der Waals surface area contributed by atoms with Crippen molar-refractivity contribution in [2.75, 3.05) is 0 Å². The molecule has 3 aromatic heterocycles. The van der Waals surface area contributed by atoms with E-state index >= 15 is 0 Å². The number of pyridine rings is 1. The summed E-state index contributed by atoms with van der Waals surface area (Å²) in [6.45, 7) is 2.23. The molecule has 0 unspecified atom stereocenters. The van der Waals surface area contributed by atoms with E-state index in [0.717, 1.165) is 5.39 Å². The number of aryl methyl sites for hydroxylation is 1. The molecule has 0 aliphatic carbocycles. The second-order valence-electron chi connectivity index (χ2n) is 5.74. The fraction of sp³-hybridized carbons (Fsp3) is 0.158. The predicted octanol–water partition coefficient (Wildman–Crippen LogP) is 4.09. The average Bonchev–Trinajstić information content (AvgIpc) is 3.02. The Hall–Kier alpha value is -2.86. The van der Waals surface area contributed by atoms with E-state index in [0.29, 0.717) is 34.8 Å². The lowest BCUT2D eigenvalue weighted by Crippen LogP contribution is -2.05. The Morgan fingerprint density at radius 3 is 2.81 bits per heavy atom. The molecule has 0 N–H and O–H groups in total. The van der Waals surface area contributed by atoms with Gasteiger partial charge < -0.3 is 0 Å². The number of nitrogens with zero attached hydrogens (tertiary/aromatic N) is 5. The van der Waals surface area contributed by atoms with Gasteiger partial charge in [0.1, 0.15) is 16.7 Å². The van der Waals surface area contributed by atoms with Crippen LogP contribution in [-0.2, 0) is 13.0 Å². The minimum absolute atomic E-state index is 0.243. The molecule has 0 spiro atoms. The molecule has 1 radical (unpaired) electrons. The van der Waals surface area contributed by atoms with Crippen LogP contribution in [0.15, 0.2) is 42.6 Å². The van der Waals surface area contributed by atoms with E-state index in [1.807, 2.05) is 19.1 Å². The zero-order valence-electron chi connectivity index (χ0n) is 13.9. The maximum atomic E-state index is 14.0. The molecule has 0 fully saturated rings. The van der Waals surface area contributed by atoms with Crippen LogP contribution in [0, 0.1) is 11.9 Å². The Labute approximate surface area is 154 Å². The number of rotatable bonds is 4. The molecule has 0 atom stereocenters. The van der Waals surface area contributed by atoms with Gasteiger partial charge in [-0.25, -0.2) is 24.0 Å². The Balaban J connectivity index is 1.87. The van der Waals surface area contributed by atoms with Crippen LogP contribution in [-0.4, -0.2) is 24.7 Å². The van der Waals surface area contributed by atoms with Crippen LogP contribution in [0.5, 0.6) is 0 Å². The van der Waals surface area contributed by atoms with Crippen LogP contribution in [0.2, 0.25) is 5.15 Å². The predicted molar refractivity (Wildman–Crippen MR) is 97.3 cm³/mol. The molecule has 26 heavy (non-hydrogen) atoms. The number of halogens is 2. The van der Waals surface area contributed by atoms with Gasteiger partial charge in [0.05, 0.1) is 17.6 Å². The minimum Gasteiger partial charge on any atom is -0.242 e. The molecule has 0 saturated heterocycles. The van der Waals surface area contributed by atoms with Crippen LogP contribution < -0.4 is 0 Å². The number of aromatic nitrogens is 5. The SMILES string of the molecule is CCc1[c]c(Cl)nc(-c2nn(Cc3ccccc3F)c3ncccc23)n1. The topological polar surface area (TPSA) is 56.5 Å². The van der Waals surface area contributed by atoms with Gasteiger partial charge in [0.15, 0.2) is 11.5 Å². The van der Waals surface area contributed by atoms with Gasteiger partial charge in [-0.15, -0.1) is 0 Å². The van der Waals surface area contributed by atoms with Crippen molar-refractivity contribution in [1.82, 2.24) is 24.7 Å². The van der Waals surface area contributed by atoms with Crippen molar-refractivity contribution in [2.24, 2.45) is 0 Å². The Morgan fingerprint density at radius 2 is 2.00 bits per heavy atom. The summed E-state index contributed by atoms with van der Waals surface area (Å²) in [4.78, 5) is 13.1. The molecular weight excluding hydrogens is 353 g/mol. The monoisotopic (exact) mass is 366 g/mol. The lowest BCUT2D eigenvalue weighted by molar-refractivity contribution is 0.589. The zero-order chi connectivity index (χ0) is 18.1. The second-order valence-corrected chi connectivity index (χ2v) is 6.09. The normalized spacial score (nSPS) is 11.2. The molecule has 3 heterocycles. The van der Waals surface area contributed by atoms with Crippen LogP contribution in [0.1, 0.15) is 18.2 Å². The van der Waals surface area contributed by atoms with Crippen LogP contribution >= 0.6 is 11.6 Å². The zero-order valence-corrected chi connectivity index (χ0v) is 14.7. The van der Waals surface area contributed by atoms with Gasteiger partial charge in [0, 0.05) is 17.8 Å². The van der Waals surface area contributed by atoms with Crippen molar-refractivity contribution in [1.29, 1.82) is 0 Å². The standard InChI is InChI=1S/C19H14ClFN5/c1-2-13-10-16(20)24-18(23-13)17-14-7-5-9-22-19(14)26(25-17)11-12-6-3-4-8-15(12)21/h3-9H,2,11H2,1H3. The van der Waals surface area contributed by atoms with E-state index in [-0.39, 0.29) is 17.5 Å². The molecule has 0 aliphatic heterocycles. The third kappa shape index (κ3) is 3.04. The van der Waals surface area contributed by atoms with Gasteiger partial charge in [-0.2, -0.15) is 5.10 Å². The summed E-state index contributed by atoms with van der Waals surface area (Å²) in [5.74, 6) is 0.131. The summed E-state index contributed by atoms with van der Waals surface area (Å²) in [5.41, 5.74) is 2.44. The van der Waals surface area contributed by atoms with Crippen molar-refractivity contribution in [2.45, 2.75) is 19.9 Å². The largest absolute Gasteiger partial charge is 0.242 e. The minimum atomic E-state index is -0.282. The molecule has 7 heteroatoms. The molecule has 129 valence electrons. The molecule has 4 aromatic rings. The first-order valence-electron chi connectivity index (χ1n) is 8.16. The van der Waals surface area contributed by atoms with Crippen molar-refractivity contribution in [3.8, 4) is 11.5 Å². The molecule has 0 bridgehead atoms. The van der Waals surface area contributed by atoms with E-state index in [9.17, 15) is 4.39 Å². The van der Waals surface area contributed by atoms with Gasteiger partial charge in [-0.05, 0) is 24.6 Å². The molecular formula is C19H14ClFN5. The van der Waals surface area contributed by atoms with E-state index in [2.05, 4.69) is 26.1 Å². The third-order valence-electron chi connectivity index (χ3n) is 4.02. The van der Waals surface area contributed by atoms with Crippen molar-refractivity contribution in [3.05, 3.63) is 70.9 Å². The van der Waals surface area contributed by atoms with E-state index in [4.69, 9.17) is 11.6 Å². The molecule has 5 nitrogen and oxygen atoms in total. The maximum absolute atomic E-state index is 14.0. The molecule has 1 aromatic carbocycles. The summed E-state index contributed by atoms with van der Waals surface area (Å²) >= 11 is 6.08. The Bertz CT molecular complexity index is 1090. The van der Waals surface area contributed by atoms with Gasteiger partial charge >= 0.3 is 0 Å². The summed E-state index contributed by atoms with van der Waals surface area (Å²) in [7, 11) is 0. The molecule has 0 amide bonds. The fourth-order valence-electron chi connectivity index (χ4n) is 2.77. The Kier molecular flexibility index (Phi) is 4.34. The first-order chi connectivity index (χ1) is 12.7. The van der Waals surface area contributed by atoms with Crippen LogP contribution in [0.4, 0.5) is 4.39 Å². The number of benzene rings is 1. The van der Waals surface area contributed by atoms with Crippen molar-refractivity contribution >= 4 is 22.6 Å². The number of hydrogen-bond acceptors (Lipinski definition) is 4. The summed E-state index contributed by atoms with van der Waals surface area (Å²) in [6.07, 6.45) is 2.36.